The fourth-order valence-corrected chi connectivity index (χ4v) is 3.91. The molecule has 0 aliphatic carbocycles. The van der Waals surface area contributed by atoms with Crippen LogP contribution in [0.25, 0.3) is 0 Å². The minimum Gasteiger partial charge on any atom is -0.452 e. The molecule has 0 aliphatic rings. The number of hydrogen-bond acceptors (Lipinski definition) is 6. The average Bonchev–Trinajstić information content (AvgIpc) is 3.18. The highest BCUT2D eigenvalue weighted by Crippen LogP contribution is 2.14. The highest BCUT2D eigenvalue weighted by atomic mass is 32.2. The summed E-state index contributed by atoms with van der Waals surface area (Å²) in [4.78, 5) is 24.5. The van der Waals surface area contributed by atoms with Crippen molar-refractivity contribution in [1.82, 2.24) is 10.0 Å². The third-order valence-corrected chi connectivity index (χ3v) is 5.86. The molecular formula is C18H22N2O5S2. The fraction of sp³-hybridized carbons (Fsp3) is 0.333. The Balaban J connectivity index is 1.95. The van der Waals surface area contributed by atoms with Gasteiger partial charge in [-0.05, 0) is 36.1 Å². The second kappa shape index (κ2) is 10.2. The van der Waals surface area contributed by atoms with Gasteiger partial charge in [0.1, 0.15) is 0 Å². The molecule has 1 aromatic heterocycles. The predicted molar refractivity (Wildman–Crippen MR) is 103 cm³/mol. The van der Waals surface area contributed by atoms with Crippen LogP contribution in [-0.4, -0.2) is 33.4 Å². The van der Waals surface area contributed by atoms with Gasteiger partial charge in [-0.25, -0.2) is 17.9 Å². The molecule has 9 heteroatoms. The van der Waals surface area contributed by atoms with E-state index in [0.717, 1.165) is 17.7 Å². The average molecular weight is 411 g/mol. The molecule has 27 heavy (non-hydrogen) atoms. The van der Waals surface area contributed by atoms with Crippen LogP contribution in [0.15, 0.2) is 46.7 Å². The van der Waals surface area contributed by atoms with Crippen LogP contribution in [0.3, 0.4) is 0 Å². The second-order valence-electron chi connectivity index (χ2n) is 5.71. The molecule has 2 rings (SSSR count). The summed E-state index contributed by atoms with van der Waals surface area (Å²) < 4.78 is 32.2. The van der Waals surface area contributed by atoms with Gasteiger partial charge in [0.15, 0.2) is 6.61 Å². The van der Waals surface area contributed by atoms with E-state index < -0.39 is 28.5 Å². The van der Waals surface area contributed by atoms with Gasteiger partial charge in [0, 0.05) is 18.0 Å². The van der Waals surface area contributed by atoms with Crippen LogP contribution < -0.4 is 10.0 Å². The van der Waals surface area contributed by atoms with Gasteiger partial charge in [-0.15, -0.1) is 11.3 Å². The summed E-state index contributed by atoms with van der Waals surface area (Å²) in [6.45, 7) is 2.29. The van der Waals surface area contributed by atoms with Gasteiger partial charge >= 0.3 is 5.97 Å². The number of amides is 1. The summed E-state index contributed by atoms with van der Waals surface area (Å²) in [7, 11) is -3.77. The molecule has 0 bridgehead atoms. The zero-order chi connectivity index (χ0) is 19.7. The van der Waals surface area contributed by atoms with Gasteiger partial charge < -0.3 is 10.1 Å². The van der Waals surface area contributed by atoms with Crippen molar-refractivity contribution < 1.29 is 22.7 Å². The molecule has 0 saturated heterocycles. The lowest BCUT2D eigenvalue weighted by atomic mass is 10.2. The smallest absolute Gasteiger partial charge is 0.338 e. The number of sulfonamides is 1. The van der Waals surface area contributed by atoms with Gasteiger partial charge in [0.25, 0.3) is 5.91 Å². The second-order valence-corrected chi connectivity index (χ2v) is 8.51. The summed E-state index contributed by atoms with van der Waals surface area (Å²) in [5, 5.41) is 4.49. The van der Waals surface area contributed by atoms with Crippen molar-refractivity contribution >= 4 is 33.2 Å². The Hall–Kier alpha value is -2.23. The van der Waals surface area contributed by atoms with E-state index in [0.29, 0.717) is 6.54 Å². The number of ether oxygens (including phenoxy) is 1. The van der Waals surface area contributed by atoms with E-state index in [-0.39, 0.29) is 17.0 Å². The first kappa shape index (κ1) is 21.1. The van der Waals surface area contributed by atoms with E-state index in [2.05, 4.69) is 10.0 Å². The molecule has 7 nitrogen and oxygen atoms in total. The zero-order valence-corrected chi connectivity index (χ0v) is 16.6. The lowest BCUT2D eigenvalue weighted by Gasteiger charge is -2.08. The summed E-state index contributed by atoms with van der Waals surface area (Å²) in [6, 6.07) is 9.18. The van der Waals surface area contributed by atoms with Crippen molar-refractivity contribution in [3.63, 3.8) is 0 Å². The van der Waals surface area contributed by atoms with E-state index in [1.807, 2.05) is 24.4 Å². The molecule has 1 amide bonds. The number of unbranched alkanes of at least 4 members (excludes halogenated alkanes) is 1. The summed E-state index contributed by atoms with van der Waals surface area (Å²) in [5.74, 6) is -1.14. The molecule has 0 spiro atoms. The predicted octanol–water partition coefficient (Wildman–Crippen LogP) is 2.30. The molecule has 0 aliphatic heterocycles. The fourth-order valence-electron chi connectivity index (χ4n) is 2.12. The Morgan fingerprint density at radius 3 is 2.70 bits per heavy atom. The topological polar surface area (TPSA) is 102 Å². The zero-order valence-electron chi connectivity index (χ0n) is 14.9. The van der Waals surface area contributed by atoms with E-state index in [4.69, 9.17) is 4.74 Å². The molecule has 0 unspecified atom stereocenters. The van der Waals surface area contributed by atoms with Crippen molar-refractivity contribution in [1.29, 1.82) is 0 Å². The Kier molecular flexibility index (Phi) is 7.96. The molecule has 146 valence electrons. The number of benzene rings is 1. The minimum absolute atomic E-state index is 0.0408. The molecule has 0 fully saturated rings. The van der Waals surface area contributed by atoms with Crippen molar-refractivity contribution in [2.75, 3.05) is 13.2 Å². The molecule has 0 atom stereocenters. The standard InChI is InChI=1S/C18H22N2O5S2/c1-2-3-9-19-17(21)13-25-18(22)14-6-4-8-16(11-14)27(23,24)20-12-15-7-5-10-26-15/h4-8,10-11,20H,2-3,9,12-13H2,1H3,(H,19,21). The van der Waals surface area contributed by atoms with Crippen LogP contribution in [-0.2, 0) is 26.1 Å². The monoisotopic (exact) mass is 410 g/mol. The minimum atomic E-state index is -3.77. The molecule has 0 saturated carbocycles. The SMILES string of the molecule is CCCCNC(=O)COC(=O)c1cccc(S(=O)(=O)NCc2cccs2)c1. The molecule has 2 aromatic rings. The number of hydrogen-bond donors (Lipinski definition) is 2. The van der Waals surface area contributed by atoms with Crippen molar-refractivity contribution in [3.8, 4) is 0 Å². The first-order valence-electron chi connectivity index (χ1n) is 8.48. The van der Waals surface area contributed by atoms with Crippen molar-refractivity contribution in [3.05, 3.63) is 52.2 Å². The number of carbonyl (C=O) groups excluding carboxylic acids is 2. The maximum Gasteiger partial charge on any atom is 0.338 e. The van der Waals surface area contributed by atoms with E-state index in [1.165, 1.54) is 35.6 Å². The maximum atomic E-state index is 12.4. The highest BCUT2D eigenvalue weighted by Gasteiger charge is 2.17. The van der Waals surface area contributed by atoms with Crippen LogP contribution in [0.2, 0.25) is 0 Å². The summed E-state index contributed by atoms with van der Waals surface area (Å²) >= 11 is 1.44. The number of rotatable bonds is 10. The summed E-state index contributed by atoms with van der Waals surface area (Å²) in [5.41, 5.74) is 0.0651. The van der Waals surface area contributed by atoms with Gasteiger partial charge in [-0.3, -0.25) is 4.79 Å². The number of nitrogens with one attached hydrogen (secondary N) is 2. The first-order valence-corrected chi connectivity index (χ1v) is 10.8. The van der Waals surface area contributed by atoms with Crippen LogP contribution >= 0.6 is 11.3 Å². The van der Waals surface area contributed by atoms with Gasteiger partial charge in [0.05, 0.1) is 10.5 Å². The summed E-state index contributed by atoms with van der Waals surface area (Å²) in [6.07, 6.45) is 1.79. The quantitative estimate of drug-likeness (QED) is 0.462. The number of thiophene rings is 1. The Morgan fingerprint density at radius 1 is 1.19 bits per heavy atom. The first-order chi connectivity index (χ1) is 12.9. The van der Waals surface area contributed by atoms with Crippen molar-refractivity contribution in [2.45, 2.75) is 31.2 Å². The largest absolute Gasteiger partial charge is 0.452 e. The van der Waals surface area contributed by atoms with Gasteiger partial charge in [0.2, 0.25) is 10.0 Å². The Bertz CT molecular complexity index is 864. The van der Waals surface area contributed by atoms with Crippen LogP contribution in [0.5, 0.6) is 0 Å². The van der Waals surface area contributed by atoms with Crippen LogP contribution in [0.4, 0.5) is 0 Å². The Labute approximate surface area is 162 Å². The van der Waals surface area contributed by atoms with Crippen LogP contribution in [0, 0.1) is 0 Å². The van der Waals surface area contributed by atoms with E-state index in [9.17, 15) is 18.0 Å². The lowest BCUT2D eigenvalue weighted by Crippen LogP contribution is -2.29. The molecular weight excluding hydrogens is 388 g/mol. The molecule has 1 aromatic carbocycles. The van der Waals surface area contributed by atoms with E-state index >= 15 is 0 Å². The van der Waals surface area contributed by atoms with Crippen LogP contribution in [0.1, 0.15) is 35.0 Å². The highest BCUT2D eigenvalue weighted by molar-refractivity contribution is 7.89. The molecule has 2 N–H and O–H groups in total. The molecule has 1 heterocycles. The van der Waals surface area contributed by atoms with E-state index in [1.54, 1.807) is 0 Å². The number of carbonyl (C=O) groups is 2. The third-order valence-electron chi connectivity index (χ3n) is 3.58. The number of esters is 1. The Morgan fingerprint density at radius 2 is 2.00 bits per heavy atom. The normalized spacial score (nSPS) is 11.1. The van der Waals surface area contributed by atoms with Gasteiger partial charge in [-0.1, -0.05) is 25.5 Å². The molecule has 0 radical (unpaired) electrons. The van der Waals surface area contributed by atoms with Crippen molar-refractivity contribution in [2.24, 2.45) is 0 Å². The third kappa shape index (κ3) is 6.78. The maximum absolute atomic E-state index is 12.4. The lowest BCUT2D eigenvalue weighted by molar-refractivity contribution is -0.124. The van der Waals surface area contributed by atoms with Gasteiger partial charge in [-0.2, -0.15) is 0 Å².